The van der Waals surface area contributed by atoms with Crippen molar-refractivity contribution in [2.24, 2.45) is 0 Å². The van der Waals surface area contributed by atoms with Gasteiger partial charge in [-0.05, 0) is 36.4 Å². The van der Waals surface area contributed by atoms with E-state index in [1.807, 2.05) is 0 Å². The summed E-state index contributed by atoms with van der Waals surface area (Å²) in [5, 5.41) is 5.09. The third kappa shape index (κ3) is 4.14. The molecule has 1 aromatic heterocycles. The van der Waals surface area contributed by atoms with Gasteiger partial charge in [0.05, 0.1) is 22.3 Å². The maximum atomic E-state index is 13.3. The Kier molecular flexibility index (Phi) is 5.51. The fourth-order valence-corrected chi connectivity index (χ4v) is 3.20. The largest absolute Gasteiger partial charge is 0.341 e. The molecular weight excluding hydrogens is 371 g/mol. The molecule has 27 heavy (non-hydrogen) atoms. The molecule has 0 aliphatic heterocycles. The van der Waals surface area contributed by atoms with Gasteiger partial charge in [0, 0.05) is 7.05 Å². The highest BCUT2D eigenvalue weighted by Crippen LogP contribution is 2.21. The van der Waals surface area contributed by atoms with Crippen LogP contribution in [0.25, 0.3) is 16.6 Å². The van der Waals surface area contributed by atoms with E-state index >= 15 is 0 Å². The van der Waals surface area contributed by atoms with E-state index in [-0.39, 0.29) is 16.5 Å². The second kappa shape index (κ2) is 8.00. The van der Waals surface area contributed by atoms with Gasteiger partial charge in [-0.3, -0.25) is 19.5 Å². The fourth-order valence-electron chi connectivity index (χ4n) is 2.38. The van der Waals surface area contributed by atoms with Crippen molar-refractivity contribution in [2.75, 3.05) is 12.8 Å². The number of imide groups is 1. The van der Waals surface area contributed by atoms with Crippen LogP contribution in [0.1, 0.15) is 0 Å². The van der Waals surface area contributed by atoms with Crippen LogP contribution in [-0.2, 0) is 4.79 Å². The maximum absolute atomic E-state index is 13.3. The van der Waals surface area contributed by atoms with Crippen molar-refractivity contribution in [1.82, 2.24) is 20.2 Å². The third-order valence-electron chi connectivity index (χ3n) is 3.64. The van der Waals surface area contributed by atoms with Gasteiger partial charge in [0.2, 0.25) is 5.91 Å². The summed E-state index contributed by atoms with van der Waals surface area (Å²) >= 11 is 1.00. The summed E-state index contributed by atoms with van der Waals surface area (Å²) in [5.74, 6) is -1.09. The molecule has 3 amide bonds. The van der Waals surface area contributed by atoms with Gasteiger partial charge in [-0.1, -0.05) is 23.9 Å². The van der Waals surface area contributed by atoms with E-state index in [1.54, 1.807) is 24.3 Å². The Hall–Kier alpha value is -3.20. The van der Waals surface area contributed by atoms with Crippen LogP contribution in [0.15, 0.2) is 58.5 Å². The Morgan fingerprint density at radius 2 is 1.85 bits per heavy atom. The molecule has 2 aromatic carbocycles. The van der Waals surface area contributed by atoms with Crippen molar-refractivity contribution in [3.63, 3.8) is 0 Å². The van der Waals surface area contributed by atoms with Crippen LogP contribution in [0.5, 0.6) is 0 Å². The minimum absolute atomic E-state index is 0.126. The maximum Gasteiger partial charge on any atom is 0.321 e. The molecule has 0 unspecified atom stereocenters. The number of carbonyl (C=O) groups excluding carboxylic acids is 2. The number of nitrogens with one attached hydrogen (secondary N) is 2. The molecule has 3 aromatic rings. The van der Waals surface area contributed by atoms with Crippen molar-refractivity contribution >= 4 is 34.6 Å². The molecule has 3 rings (SSSR count). The van der Waals surface area contributed by atoms with Gasteiger partial charge in [0.1, 0.15) is 5.82 Å². The lowest BCUT2D eigenvalue weighted by molar-refractivity contribution is -0.117. The van der Waals surface area contributed by atoms with Crippen LogP contribution < -0.4 is 16.2 Å². The number of hydrogen-bond donors (Lipinski definition) is 2. The van der Waals surface area contributed by atoms with Crippen molar-refractivity contribution in [3.8, 4) is 5.69 Å². The molecule has 0 aliphatic carbocycles. The lowest BCUT2D eigenvalue weighted by atomic mass is 10.2. The zero-order valence-corrected chi connectivity index (χ0v) is 15.0. The van der Waals surface area contributed by atoms with Crippen molar-refractivity contribution in [3.05, 3.63) is 64.7 Å². The molecule has 0 fully saturated rings. The Morgan fingerprint density at radius 1 is 1.15 bits per heavy atom. The summed E-state index contributed by atoms with van der Waals surface area (Å²) in [6.07, 6.45) is 0. The topological polar surface area (TPSA) is 93.1 Å². The summed E-state index contributed by atoms with van der Waals surface area (Å²) < 4.78 is 14.6. The highest BCUT2D eigenvalue weighted by atomic mass is 32.2. The zero-order chi connectivity index (χ0) is 19.4. The number of fused-ring (bicyclic) bond motifs is 1. The monoisotopic (exact) mass is 386 g/mol. The molecule has 0 spiro atoms. The van der Waals surface area contributed by atoms with Crippen molar-refractivity contribution in [1.29, 1.82) is 0 Å². The molecule has 0 saturated carbocycles. The van der Waals surface area contributed by atoms with Gasteiger partial charge >= 0.3 is 6.03 Å². The number of benzene rings is 2. The van der Waals surface area contributed by atoms with E-state index < -0.39 is 17.8 Å². The molecule has 7 nitrogen and oxygen atoms in total. The third-order valence-corrected chi connectivity index (χ3v) is 4.58. The minimum Gasteiger partial charge on any atom is -0.341 e. The lowest BCUT2D eigenvalue weighted by Gasteiger charge is -2.13. The van der Waals surface area contributed by atoms with Crippen molar-refractivity contribution < 1.29 is 14.0 Å². The highest BCUT2D eigenvalue weighted by molar-refractivity contribution is 7.99. The first-order valence-electron chi connectivity index (χ1n) is 7.91. The van der Waals surface area contributed by atoms with Gasteiger partial charge in [0.25, 0.3) is 5.56 Å². The summed E-state index contributed by atoms with van der Waals surface area (Å²) in [5.41, 5.74) is 0.574. The number of aromatic nitrogens is 2. The number of halogens is 1. The summed E-state index contributed by atoms with van der Waals surface area (Å²) in [4.78, 5) is 40.5. The van der Waals surface area contributed by atoms with Crippen molar-refractivity contribution in [2.45, 2.75) is 5.16 Å². The van der Waals surface area contributed by atoms with Crippen LogP contribution >= 0.6 is 11.8 Å². The van der Waals surface area contributed by atoms with Gasteiger partial charge < -0.3 is 5.32 Å². The molecule has 2 N–H and O–H groups in total. The number of urea groups is 1. The molecule has 0 saturated heterocycles. The molecule has 138 valence electrons. The van der Waals surface area contributed by atoms with E-state index in [9.17, 15) is 18.8 Å². The Bertz CT molecular complexity index is 1070. The molecule has 0 atom stereocenters. The molecular formula is C18H15FN4O3S. The van der Waals surface area contributed by atoms with E-state index in [4.69, 9.17) is 0 Å². The van der Waals surface area contributed by atoms with E-state index in [0.717, 1.165) is 11.8 Å². The second-order valence-corrected chi connectivity index (χ2v) is 6.39. The average Bonchev–Trinajstić information content (AvgIpc) is 2.67. The zero-order valence-electron chi connectivity index (χ0n) is 14.2. The lowest BCUT2D eigenvalue weighted by Crippen LogP contribution is -2.38. The number of hydrogen-bond acceptors (Lipinski definition) is 5. The summed E-state index contributed by atoms with van der Waals surface area (Å²) in [7, 11) is 1.40. The number of carbonyl (C=O) groups is 2. The number of para-hydroxylation sites is 1. The first kappa shape index (κ1) is 18.6. The smallest absolute Gasteiger partial charge is 0.321 e. The number of thioether (sulfide) groups is 1. The predicted octanol–water partition coefficient (Wildman–Crippen LogP) is 2.07. The fraction of sp³-hybridized carbons (Fsp3) is 0.111. The van der Waals surface area contributed by atoms with E-state index in [0.29, 0.717) is 16.6 Å². The number of amides is 3. The van der Waals surface area contributed by atoms with Crippen LogP contribution in [0, 0.1) is 5.82 Å². The van der Waals surface area contributed by atoms with Gasteiger partial charge in [-0.2, -0.15) is 0 Å². The van der Waals surface area contributed by atoms with Gasteiger partial charge in [0.15, 0.2) is 5.16 Å². The van der Waals surface area contributed by atoms with E-state index in [1.165, 1.54) is 35.9 Å². The minimum atomic E-state index is -0.622. The molecule has 0 bridgehead atoms. The van der Waals surface area contributed by atoms with Crippen LogP contribution in [0.2, 0.25) is 0 Å². The molecule has 0 aliphatic rings. The predicted molar refractivity (Wildman–Crippen MR) is 101 cm³/mol. The van der Waals surface area contributed by atoms with Gasteiger partial charge in [-0.25, -0.2) is 14.2 Å². The molecule has 9 heteroatoms. The van der Waals surface area contributed by atoms with Crippen LogP contribution in [-0.4, -0.2) is 34.3 Å². The SMILES string of the molecule is CNC(=O)NC(=O)CSc1nc2ccccc2c(=O)n1-c1ccc(F)cc1. The highest BCUT2D eigenvalue weighted by Gasteiger charge is 2.15. The first-order chi connectivity index (χ1) is 13.0. The number of nitrogens with zero attached hydrogens (tertiary/aromatic N) is 2. The Balaban J connectivity index is 2.03. The summed E-state index contributed by atoms with van der Waals surface area (Å²) in [6, 6.07) is 11.6. The molecule has 0 radical (unpaired) electrons. The van der Waals surface area contributed by atoms with E-state index in [2.05, 4.69) is 15.6 Å². The quantitative estimate of drug-likeness (QED) is 0.529. The van der Waals surface area contributed by atoms with Gasteiger partial charge in [-0.15, -0.1) is 0 Å². The standard InChI is InChI=1S/C18H15FN4O3S/c1-20-17(26)22-15(24)10-27-18-21-14-5-3-2-4-13(14)16(25)23(18)12-8-6-11(19)7-9-12/h2-9H,10H2,1H3,(H2,20,22,24,26). The van der Waals surface area contributed by atoms with Crippen LogP contribution in [0.3, 0.4) is 0 Å². The summed E-state index contributed by atoms with van der Waals surface area (Å²) in [6.45, 7) is 0. The normalized spacial score (nSPS) is 10.6. The Morgan fingerprint density at radius 3 is 2.56 bits per heavy atom. The first-order valence-corrected chi connectivity index (χ1v) is 8.90. The van der Waals surface area contributed by atoms with Crippen LogP contribution in [0.4, 0.5) is 9.18 Å². The Labute approximate surface area is 157 Å². The average molecular weight is 386 g/mol. The second-order valence-electron chi connectivity index (χ2n) is 5.44. The number of rotatable bonds is 4. The molecule has 1 heterocycles.